The quantitative estimate of drug-likeness (QED) is 0.587. The molecular weight excluding hydrogens is 138 g/mol. The summed E-state index contributed by atoms with van der Waals surface area (Å²) in [5.41, 5.74) is 0. The summed E-state index contributed by atoms with van der Waals surface area (Å²) in [6.45, 7) is 5.00. The van der Waals surface area contributed by atoms with Crippen LogP contribution in [-0.4, -0.2) is 25.6 Å². The van der Waals surface area contributed by atoms with E-state index in [1.165, 1.54) is 19.3 Å². The first-order valence-corrected chi connectivity index (χ1v) is 4.41. The molecule has 1 aliphatic heterocycles. The van der Waals surface area contributed by atoms with E-state index >= 15 is 0 Å². The van der Waals surface area contributed by atoms with Gasteiger partial charge in [-0.1, -0.05) is 19.8 Å². The van der Waals surface area contributed by atoms with Gasteiger partial charge in [0.05, 0.1) is 13.2 Å². The topological polar surface area (TPSA) is 36.4 Å². The number of rotatable bonds is 4. The van der Waals surface area contributed by atoms with E-state index in [2.05, 4.69) is 22.5 Å². The Bertz CT molecular complexity index is 123. The van der Waals surface area contributed by atoms with Gasteiger partial charge in [-0.2, -0.15) is 0 Å². The van der Waals surface area contributed by atoms with Crippen LogP contribution < -0.4 is 10.6 Å². The first kappa shape index (κ1) is 8.53. The Morgan fingerprint density at radius 3 is 3.00 bits per heavy atom. The third-order valence-corrected chi connectivity index (χ3v) is 1.77. The SMILES string of the molecule is CCCCC/N=C1/CNCN1. The second kappa shape index (κ2) is 5.13. The molecule has 2 N–H and O–H groups in total. The summed E-state index contributed by atoms with van der Waals surface area (Å²) >= 11 is 0. The fourth-order valence-electron chi connectivity index (χ4n) is 1.10. The molecule has 3 nitrogen and oxygen atoms in total. The van der Waals surface area contributed by atoms with Gasteiger partial charge in [0, 0.05) is 6.54 Å². The largest absolute Gasteiger partial charge is 0.360 e. The number of hydrogen-bond acceptors (Lipinski definition) is 2. The van der Waals surface area contributed by atoms with Crippen molar-refractivity contribution >= 4 is 5.84 Å². The molecule has 0 aliphatic carbocycles. The molecule has 0 unspecified atom stereocenters. The maximum Gasteiger partial charge on any atom is 0.111 e. The number of hydrogen-bond donors (Lipinski definition) is 2. The highest BCUT2D eigenvalue weighted by atomic mass is 15.2. The zero-order chi connectivity index (χ0) is 7.94. The van der Waals surface area contributed by atoms with Gasteiger partial charge in [-0.05, 0) is 6.42 Å². The lowest BCUT2D eigenvalue weighted by atomic mass is 10.2. The molecule has 1 saturated heterocycles. The highest BCUT2D eigenvalue weighted by molar-refractivity contribution is 5.85. The Hall–Kier alpha value is -0.570. The van der Waals surface area contributed by atoms with Crippen LogP contribution in [0, 0.1) is 0 Å². The zero-order valence-electron chi connectivity index (χ0n) is 7.19. The first-order valence-electron chi connectivity index (χ1n) is 4.41. The maximum atomic E-state index is 4.40. The van der Waals surface area contributed by atoms with Crippen molar-refractivity contribution in [2.75, 3.05) is 19.8 Å². The third-order valence-electron chi connectivity index (χ3n) is 1.77. The fraction of sp³-hybridized carbons (Fsp3) is 0.875. The van der Waals surface area contributed by atoms with E-state index < -0.39 is 0 Å². The molecule has 0 aromatic rings. The minimum absolute atomic E-state index is 0.882. The van der Waals surface area contributed by atoms with Crippen molar-refractivity contribution in [3.8, 4) is 0 Å². The Kier molecular flexibility index (Phi) is 3.98. The summed E-state index contributed by atoms with van der Waals surface area (Å²) in [4.78, 5) is 4.40. The van der Waals surface area contributed by atoms with Gasteiger partial charge >= 0.3 is 0 Å². The van der Waals surface area contributed by atoms with Crippen LogP contribution in [0.15, 0.2) is 4.99 Å². The smallest absolute Gasteiger partial charge is 0.111 e. The number of amidine groups is 1. The Morgan fingerprint density at radius 2 is 2.36 bits per heavy atom. The summed E-state index contributed by atoms with van der Waals surface area (Å²) in [5, 5.41) is 6.34. The molecule has 11 heavy (non-hydrogen) atoms. The van der Waals surface area contributed by atoms with Gasteiger partial charge in [0.2, 0.25) is 0 Å². The highest BCUT2D eigenvalue weighted by Crippen LogP contribution is 1.94. The van der Waals surface area contributed by atoms with Gasteiger partial charge < -0.3 is 5.32 Å². The second-order valence-corrected chi connectivity index (χ2v) is 2.82. The molecule has 0 aromatic carbocycles. The molecule has 1 heterocycles. The normalized spacial score (nSPS) is 20.6. The Balaban J connectivity index is 2.03. The molecule has 0 saturated carbocycles. The second-order valence-electron chi connectivity index (χ2n) is 2.82. The molecule has 0 aromatic heterocycles. The molecule has 0 spiro atoms. The fourth-order valence-corrected chi connectivity index (χ4v) is 1.10. The van der Waals surface area contributed by atoms with Crippen molar-refractivity contribution in [1.29, 1.82) is 0 Å². The van der Waals surface area contributed by atoms with E-state index in [9.17, 15) is 0 Å². The predicted octanol–water partition coefficient (Wildman–Crippen LogP) is 0.725. The standard InChI is InChI=1S/C8H17N3/c1-2-3-4-5-10-8-6-9-7-11-8/h9H,2-7H2,1H3,(H,10,11). The van der Waals surface area contributed by atoms with Crippen LogP contribution >= 0.6 is 0 Å². The van der Waals surface area contributed by atoms with Crippen LogP contribution in [0.4, 0.5) is 0 Å². The van der Waals surface area contributed by atoms with Crippen LogP contribution in [-0.2, 0) is 0 Å². The van der Waals surface area contributed by atoms with E-state index in [0.29, 0.717) is 0 Å². The molecule has 1 rings (SSSR count). The van der Waals surface area contributed by atoms with E-state index in [1.54, 1.807) is 0 Å². The van der Waals surface area contributed by atoms with Gasteiger partial charge in [-0.3, -0.25) is 10.3 Å². The maximum absolute atomic E-state index is 4.40. The molecule has 0 radical (unpaired) electrons. The minimum Gasteiger partial charge on any atom is -0.360 e. The molecular formula is C8H17N3. The third kappa shape index (κ3) is 3.37. The predicted molar refractivity (Wildman–Crippen MR) is 47.8 cm³/mol. The molecule has 0 amide bonds. The molecule has 0 bridgehead atoms. The monoisotopic (exact) mass is 155 g/mol. The first-order chi connectivity index (χ1) is 5.43. The van der Waals surface area contributed by atoms with Crippen molar-refractivity contribution in [2.45, 2.75) is 26.2 Å². The lowest BCUT2D eigenvalue weighted by Gasteiger charge is -1.96. The number of aliphatic imine (C=N–C) groups is 1. The summed E-state index contributed by atoms with van der Waals surface area (Å²) in [6.07, 6.45) is 3.79. The summed E-state index contributed by atoms with van der Waals surface area (Å²) in [7, 11) is 0. The average Bonchev–Trinajstić information content (AvgIpc) is 2.50. The summed E-state index contributed by atoms with van der Waals surface area (Å²) in [6, 6.07) is 0. The van der Waals surface area contributed by atoms with Gasteiger partial charge in [-0.15, -0.1) is 0 Å². The average molecular weight is 155 g/mol. The molecule has 64 valence electrons. The van der Waals surface area contributed by atoms with E-state index in [0.717, 1.165) is 25.6 Å². The van der Waals surface area contributed by atoms with E-state index in [1.807, 2.05) is 0 Å². The minimum atomic E-state index is 0.882. The zero-order valence-corrected chi connectivity index (χ0v) is 7.19. The summed E-state index contributed by atoms with van der Waals surface area (Å²) in [5.74, 6) is 1.13. The lowest BCUT2D eigenvalue weighted by molar-refractivity contribution is 0.726. The van der Waals surface area contributed by atoms with Crippen molar-refractivity contribution in [1.82, 2.24) is 10.6 Å². The van der Waals surface area contributed by atoms with Crippen molar-refractivity contribution in [3.05, 3.63) is 0 Å². The van der Waals surface area contributed by atoms with Crippen LogP contribution in [0.3, 0.4) is 0 Å². The molecule has 1 aliphatic rings. The van der Waals surface area contributed by atoms with Crippen LogP contribution in [0.5, 0.6) is 0 Å². The Morgan fingerprint density at radius 1 is 1.45 bits per heavy atom. The van der Waals surface area contributed by atoms with Gasteiger partial charge in [0.15, 0.2) is 0 Å². The highest BCUT2D eigenvalue weighted by Gasteiger charge is 2.03. The van der Waals surface area contributed by atoms with E-state index in [4.69, 9.17) is 0 Å². The van der Waals surface area contributed by atoms with Crippen molar-refractivity contribution in [2.24, 2.45) is 4.99 Å². The molecule has 1 fully saturated rings. The van der Waals surface area contributed by atoms with Crippen LogP contribution in [0.2, 0.25) is 0 Å². The van der Waals surface area contributed by atoms with Gasteiger partial charge in [0.1, 0.15) is 5.84 Å². The van der Waals surface area contributed by atoms with E-state index in [-0.39, 0.29) is 0 Å². The molecule has 0 atom stereocenters. The number of unbranched alkanes of at least 4 members (excludes halogenated alkanes) is 2. The van der Waals surface area contributed by atoms with Crippen LogP contribution in [0.25, 0.3) is 0 Å². The summed E-state index contributed by atoms with van der Waals surface area (Å²) < 4.78 is 0. The Labute approximate surface area is 68.3 Å². The van der Waals surface area contributed by atoms with Crippen molar-refractivity contribution < 1.29 is 0 Å². The van der Waals surface area contributed by atoms with Gasteiger partial charge in [0.25, 0.3) is 0 Å². The number of nitrogens with one attached hydrogen (secondary N) is 2. The van der Waals surface area contributed by atoms with Crippen molar-refractivity contribution in [3.63, 3.8) is 0 Å². The number of nitrogens with zero attached hydrogens (tertiary/aromatic N) is 1. The van der Waals surface area contributed by atoms with Gasteiger partial charge in [-0.25, -0.2) is 0 Å². The lowest BCUT2D eigenvalue weighted by Crippen LogP contribution is -2.16. The molecule has 3 heteroatoms. The van der Waals surface area contributed by atoms with Crippen LogP contribution in [0.1, 0.15) is 26.2 Å².